The van der Waals surface area contributed by atoms with Gasteiger partial charge in [-0.05, 0) is 5.69 Å². The Kier molecular flexibility index (Phi) is 4.27. The molecular weight excluding hydrogens is 325 g/mol. The topological polar surface area (TPSA) is 74.2 Å². The second kappa shape index (κ2) is 5.60. The normalized spacial score (nSPS) is 14.6. The fourth-order valence-electron chi connectivity index (χ4n) is 2.09. The zero-order chi connectivity index (χ0) is 12.7. The Morgan fingerprint density at radius 2 is 2.05 bits per heavy atom. The Bertz CT molecular complexity index is 643. The molecule has 0 amide bonds. The fraction of sp³-hybridized carbons (Fsp3) is 0.455. The van der Waals surface area contributed by atoms with Crippen molar-refractivity contribution < 1.29 is 42.6 Å². The summed E-state index contributed by atoms with van der Waals surface area (Å²) < 4.78 is 9.57. The fourth-order valence-corrected chi connectivity index (χ4v) is 2.09. The molecule has 1 aliphatic heterocycles. The van der Waals surface area contributed by atoms with Crippen molar-refractivity contribution in [1.29, 1.82) is 0 Å². The molecule has 2 aromatic rings. The van der Waals surface area contributed by atoms with Crippen molar-refractivity contribution in [3.8, 4) is 11.6 Å². The average Bonchev–Trinajstić information content (AvgIpc) is 2.75. The molecule has 19 heavy (non-hydrogen) atoms. The van der Waals surface area contributed by atoms with Crippen LogP contribution < -0.4 is 5.56 Å². The number of hydrogen-bond acceptors (Lipinski definition) is 4. The van der Waals surface area contributed by atoms with Gasteiger partial charge in [-0.15, -0.1) is 6.07 Å². The molecule has 0 spiro atoms. The van der Waals surface area contributed by atoms with Crippen LogP contribution in [0.3, 0.4) is 0 Å². The van der Waals surface area contributed by atoms with Gasteiger partial charge in [0, 0.05) is 32.7 Å². The first-order valence-electron chi connectivity index (χ1n) is 5.73. The van der Waals surface area contributed by atoms with Gasteiger partial charge in [0.05, 0.1) is 32.0 Å². The van der Waals surface area contributed by atoms with Gasteiger partial charge in [-0.2, -0.15) is 0 Å². The average molecular weight is 338 g/mol. The van der Waals surface area contributed by atoms with Crippen molar-refractivity contribution in [3.63, 3.8) is 0 Å². The van der Waals surface area contributed by atoms with Gasteiger partial charge >= 0.3 is 0 Å². The summed E-state index contributed by atoms with van der Waals surface area (Å²) in [7, 11) is 0. The summed E-state index contributed by atoms with van der Waals surface area (Å²) in [6, 6.07) is 1.66. The Morgan fingerprint density at radius 3 is 2.68 bits per heavy atom. The third kappa shape index (κ3) is 2.42. The van der Waals surface area contributed by atoms with Crippen LogP contribution in [0.15, 0.2) is 10.9 Å². The van der Waals surface area contributed by atoms with E-state index in [0.29, 0.717) is 26.3 Å². The zero-order valence-electron chi connectivity index (χ0n) is 10.5. The van der Waals surface area contributed by atoms with Crippen molar-refractivity contribution in [2.24, 2.45) is 0 Å². The van der Waals surface area contributed by atoms with Gasteiger partial charge in [-0.3, -0.25) is 19.3 Å². The van der Waals surface area contributed by atoms with Crippen LogP contribution in [0.1, 0.15) is 5.69 Å². The Balaban J connectivity index is 0.00000133. The molecule has 0 saturated heterocycles. The molecule has 1 N–H and O–H groups in total. The summed E-state index contributed by atoms with van der Waals surface area (Å²) >= 11 is 0. The quantitative estimate of drug-likeness (QED) is 0.723. The molecule has 0 bridgehead atoms. The molecule has 0 saturated carbocycles. The molecule has 3 rings (SSSR count). The van der Waals surface area contributed by atoms with E-state index in [1.54, 1.807) is 13.0 Å². The largest absolute Gasteiger partial charge is 0.501 e. The monoisotopic (exact) mass is 338 g/mol. The Hall–Kier alpha value is -0.916. The molecule has 0 atom stereocenters. The third-order valence-electron chi connectivity index (χ3n) is 2.94. The Labute approximate surface area is 134 Å². The number of aromatic nitrogens is 4. The van der Waals surface area contributed by atoms with Crippen LogP contribution in [0.25, 0.3) is 5.69 Å². The number of aromatic hydroxyl groups is 1. The molecule has 7 nitrogen and oxygen atoms in total. The van der Waals surface area contributed by atoms with Crippen molar-refractivity contribution in [2.75, 3.05) is 13.2 Å². The van der Waals surface area contributed by atoms with Crippen LogP contribution in [-0.2, 0) is 50.5 Å². The first-order valence-corrected chi connectivity index (χ1v) is 5.73. The van der Waals surface area contributed by atoms with Crippen LogP contribution in [0.5, 0.6) is 5.88 Å². The minimum atomic E-state index is -0.280. The molecule has 1 radical (unpaired) electrons. The molecule has 0 aromatic carbocycles. The summed E-state index contributed by atoms with van der Waals surface area (Å²) in [5.41, 5.74) is 0.603. The standard InChI is InChI=1S/C11H13N4O3.Y/c1-8-2-3-13(12-8)9-10(16)14-4-6-18-7-5-15(14)11(9)17;/h2,16H,4-7H2,1H3;/q-1;. The van der Waals surface area contributed by atoms with E-state index >= 15 is 0 Å². The molecule has 0 fully saturated rings. The molecule has 0 aliphatic carbocycles. The van der Waals surface area contributed by atoms with Crippen LogP contribution in [0.4, 0.5) is 0 Å². The van der Waals surface area contributed by atoms with Crippen molar-refractivity contribution in [2.45, 2.75) is 20.0 Å². The maximum atomic E-state index is 12.2. The summed E-state index contributed by atoms with van der Waals surface area (Å²) in [6.45, 7) is 3.61. The molecule has 99 valence electrons. The predicted molar refractivity (Wildman–Crippen MR) is 61.9 cm³/mol. The maximum absolute atomic E-state index is 12.2. The first kappa shape index (κ1) is 14.5. The summed E-state index contributed by atoms with van der Waals surface area (Å²) in [6.07, 6.45) is 2.82. The summed E-state index contributed by atoms with van der Waals surface area (Å²) in [5, 5.41) is 14.3. The molecule has 1 aliphatic rings. The van der Waals surface area contributed by atoms with Gasteiger partial charge in [-0.1, -0.05) is 13.1 Å². The van der Waals surface area contributed by atoms with Crippen LogP contribution >= 0.6 is 0 Å². The molecular formula is C11H13N4O3Y-. The van der Waals surface area contributed by atoms with E-state index in [4.69, 9.17) is 4.74 Å². The molecule has 8 heteroatoms. The maximum Gasteiger partial charge on any atom is 0.240 e. The minimum absolute atomic E-state index is 0. The number of rotatable bonds is 1. The van der Waals surface area contributed by atoms with Gasteiger partial charge in [0.2, 0.25) is 5.56 Å². The number of hydrogen-bond donors (Lipinski definition) is 1. The Morgan fingerprint density at radius 1 is 1.37 bits per heavy atom. The van der Waals surface area contributed by atoms with E-state index < -0.39 is 0 Å². The zero-order valence-corrected chi connectivity index (χ0v) is 13.4. The predicted octanol–water partition coefficient (Wildman–Crippen LogP) is -0.323. The first-order chi connectivity index (χ1) is 8.68. The number of nitrogens with zero attached hydrogens (tertiary/aromatic N) is 4. The number of fused-ring (bicyclic) bond motifs is 1. The van der Waals surface area contributed by atoms with E-state index in [2.05, 4.69) is 11.3 Å². The molecule has 0 unspecified atom stereocenters. The van der Waals surface area contributed by atoms with Crippen molar-refractivity contribution in [1.82, 2.24) is 19.1 Å². The second-order valence-electron chi connectivity index (χ2n) is 4.16. The molecule has 3 heterocycles. The van der Waals surface area contributed by atoms with Gasteiger partial charge in [-0.25, -0.2) is 0 Å². The SMILES string of the molecule is Cc1c[c-]n(-c2c(O)n3n(c2=O)CCOCC3)n1.[Y]. The van der Waals surface area contributed by atoms with E-state index in [1.165, 1.54) is 14.0 Å². The van der Waals surface area contributed by atoms with Crippen LogP contribution in [0.2, 0.25) is 0 Å². The smallest absolute Gasteiger partial charge is 0.240 e. The van der Waals surface area contributed by atoms with Crippen LogP contribution in [0, 0.1) is 13.1 Å². The van der Waals surface area contributed by atoms with Crippen molar-refractivity contribution >= 4 is 0 Å². The van der Waals surface area contributed by atoms with E-state index in [1.807, 2.05) is 0 Å². The third-order valence-corrected chi connectivity index (χ3v) is 2.94. The van der Waals surface area contributed by atoms with E-state index in [9.17, 15) is 9.90 Å². The van der Waals surface area contributed by atoms with Gasteiger partial charge in [0.1, 0.15) is 0 Å². The van der Waals surface area contributed by atoms with Gasteiger partial charge < -0.3 is 14.5 Å². The summed E-state index contributed by atoms with van der Waals surface area (Å²) in [4.78, 5) is 12.2. The molecule has 2 aromatic heterocycles. The summed E-state index contributed by atoms with van der Waals surface area (Å²) in [5.74, 6) is -0.0927. The van der Waals surface area contributed by atoms with E-state index in [0.717, 1.165) is 5.69 Å². The van der Waals surface area contributed by atoms with Gasteiger partial charge in [0.25, 0.3) is 0 Å². The van der Waals surface area contributed by atoms with E-state index in [-0.39, 0.29) is 49.8 Å². The van der Waals surface area contributed by atoms with Gasteiger partial charge in [0.15, 0.2) is 5.88 Å². The second-order valence-corrected chi connectivity index (χ2v) is 4.16. The minimum Gasteiger partial charge on any atom is -0.501 e. The van der Waals surface area contributed by atoms with Crippen LogP contribution in [-0.4, -0.2) is 37.5 Å². The number of ether oxygens (including phenoxy) is 1. The number of aryl methyl sites for hydroxylation is 1. The van der Waals surface area contributed by atoms with Crippen molar-refractivity contribution in [3.05, 3.63) is 28.3 Å².